The Balaban J connectivity index is 2.21. The Bertz CT molecular complexity index is 349. The third-order valence-corrected chi connectivity index (χ3v) is 2.76. The monoisotopic (exact) mass is 208 g/mol. The molecule has 0 radical (unpaired) electrons. The van der Waals surface area contributed by atoms with Gasteiger partial charge in [-0.25, -0.2) is 4.39 Å². The van der Waals surface area contributed by atoms with Gasteiger partial charge in [-0.15, -0.1) is 0 Å². The summed E-state index contributed by atoms with van der Waals surface area (Å²) in [5, 5.41) is 3.41. The van der Waals surface area contributed by atoms with Crippen LogP contribution in [0.3, 0.4) is 0 Å². The molecule has 0 bridgehead atoms. The van der Waals surface area contributed by atoms with E-state index >= 15 is 0 Å². The largest absolute Gasteiger partial charge is 0.366 e. The van der Waals surface area contributed by atoms with Gasteiger partial charge >= 0.3 is 0 Å². The molecular formula is C12H17FN2. The lowest BCUT2D eigenvalue weighted by Crippen LogP contribution is -2.57. The molecule has 1 saturated heterocycles. The minimum absolute atomic E-state index is 0.0561. The van der Waals surface area contributed by atoms with E-state index in [0.717, 1.165) is 19.6 Å². The van der Waals surface area contributed by atoms with Crippen molar-refractivity contribution in [2.24, 2.45) is 0 Å². The predicted molar refractivity (Wildman–Crippen MR) is 60.7 cm³/mol. The number of para-hydroxylation sites is 1. The number of hydrogen-bond acceptors (Lipinski definition) is 2. The highest BCUT2D eigenvalue weighted by Gasteiger charge is 2.26. The van der Waals surface area contributed by atoms with E-state index in [-0.39, 0.29) is 11.4 Å². The molecule has 0 atom stereocenters. The summed E-state index contributed by atoms with van der Waals surface area (Å²) in [5.74, 6) is -0.129. The number of hydrogen-bond donors (Lipinski definition) is 1. The Hall–Kier alpha value is -1.09. The van der Waals surface area contributed by atoms with Crippen molar-refractivity contribution in [3.8, 4) is 0 Å². The van der Waals surface area contributed by atoms with E-state index in [4.69, 9.17) is 0 Å². The number of piperazine rings is 1. The molecule has 1 aliphatic rings. The van der Waals surface area contributed by atoms with E-state index in [1.807, 2.05) is 12.1 Å². The Morgan fingerprint density at radius 1 is 1.33 bits per heavy atom. The van der Waals surface area contributed by atoms with E-state index in [1.165, 1.54) is 6.07 Å². The molecule has 1 heterocycles. The van der Waals surface area contributed by atoms with Crippen molar-refractivity contribution in [1.82, 2.24) is 5.32 Å². The molecule has 3 heteroatoms. The Morgan fingerprint density at radius 3 is 2.73 bits per heavy atom. The van der Waals surface area contributed by atoms with Gasteiger partial charge in [-0.1, -0.05) is 12.1 Å². The zero-order valence-corrected chi connectivity index (χ0v) is 9.26. The third kappa shape index (κ3) is 2.29. The summed E-state index contributed by atoms with van der Waals surface area (Å²) in [5.41, 5.74) is 0.771. The van der Waals surface area contributed by atoms with Gasteiger partial charge in [0.25, 0.3) is 0 Å². The van der Waals surface area contributed by atoms with Crippen molar-refractivity contribution in [3.63, 3.8) is 0 Å². The van der Waals surface area contributed by atoms with Gasteiger partial charge in [-0.2, -0.15) is 0 Å². The first-order chi connectivity index (χ1) is 7.08. The molecule has 0 saturated carbocycles. The lowest BCUT2D eigenvalue weighted by atomic mass is 10.0. The van der Waals surface area contributed by atoms with E-state index in [0.29, 0.717) is 5.69 Å². The van der Waals surface area contributed by atoms with E-state index in [1.54, 1.807) is 6.07 Å². The first-order valence-electron chi connectivity index (χ1n) is 5.33. The number of nitrogens with zero attached hydrogens (tertiary/aromatic N) is 1. The van der Waals surface area contributed by atoms with Crippen molar-refractivity contribution in [2.45, 2.75) is 19.4 Å². The van der Waals surface area contributed by atoms with Crippen molar-refractivity contribution in [2.75, 3.05) is 24.5 Å². The second kappa shape index (κ2) is 3.81. The molecule has 1 aromatic carbocycles. The van der Waals surface area contributed by atoms with Crippen molar-refractivity contribution in [3.05, 3.63) is 30.1 Å². The normalized spacial score (nSPS) is 20.3. The molecule has 1 aromatic rings. The third-order valence-electron chi connectivity index (χ3n) is 2.76. The summed E-state index contributed by atoms with van der Waals surface area (Å²) < 4.78 is 13.6. The lowest BCUT2D eigenvalue weighted by molar-refractivity contribution is 0.351. The van der Waals surface area contributed by atoms with E-state index < -0.39 is 0 Å². The molecule has 0 spiro atoms. The molecule has 2 rings (SSSR count). The van der Waals surface area contributed by atoms with Crippen molar-refractivity contribution >= 4 is 5.69 Å². The Kier molecular flexibility index (Phi) is 2.65. The van der Waals surface area contributed by atoms with Gasteiger partial charge < -0.3 is 10.2 Å². The molecule has 2 nitrogen and oxygen atoms in total. The maximum absolute atomic E-state index is 13.6. The fraction of sp³-hybridized carbons (Fsp3) is 0.500. The smallest absolute Gasteiger partial charge is 0.146 e. The van der Waals surface area contributed by atoms with Crippen LogP contribution in [0.2, 0.25) is 0 Å². The summed E-state index contributed by atoms with van der Waals surface area (Å²) in [6.07, 6.45) is 0. The lowest BCUT2D eigenvalue weighted by Gasteiger charge is -2.40. The molecule has 1 N–H and O–H groups in total. The molecule has 15 heavy (non-hydrogen) atoms. The summed E-state index contributed by atoms with van der Waals surface area (Å²) in [7, 11) is 0. The second-order valence-corrected chi connectivity index (χ2v) is 4.68. The van der Waals surface area contributed by atoms with Gasteiger partial charge in [-0.05, 0) is 26.0 Å². The number of halogens is 1. The summed E-state index contributed by atoms with van der Waals surface area (Å²) in [6.45, 7) is 6.89. The average molecular weight is 208 g/mol. The molecule has 1 aliphatic heterocycles. The van der Waals surface area contributed by atoms with Gasteiger partial charge in [0.05, 0.1) is 5.69 Å². The molecular weight excluding hydrogens is 191 g/mol. The summed E-state index contributed by atoms with van der Waals surface area (Å²) >= 11 is 0. The highest BCUT2D eigenvalue weighted by Crippen LogP contribution is 2.22. The molecule has 82 valence electrons. The van der Waals surface area contributed by atoms with Crippen LogP contribution < -0.4 is 10.2 Å². The fourth-order valence-electron chi connectivity index (χ4n) is 2.06. The summed E-state index contributed by atoms with van der Waals surface area (Å²) in [6, 6.07) is 6.97. The van der Waals surface area contributed by atoms with Crippen LogP contribution in [0.5, 0.6) is 0 Å². The summed E-state index contributed by atoms with van der Waals surface area (Å²) in [4.78, 5) is 2.10. The van der Waals surface area contributed by atoms with Gasteiger partial charge in [0, 0.05) is 25.2 Å². The van der Waals surface area contributed by atoms with Crippen LogP contribution in [0.15, 0.2) is 24.3 Å². The van der Waals surface area contributed by atoms with Crippen LogP contribution in [0.25, 0.3) is 0 Å². The standard InChI is InChI=1S/C12H17FN2/c1-12(2)9-15(8-7-14-12)11-6-4-3-5-10(11)13/h3-6,14H,7-9H2,1-2H3. The SMILES string of the molecule is CC1(C)CN(c2ccccc2F)CCN1. The zero-order chi connectivity index (χ0) is 10.9. The number of nitrogens with one attached hydrogen (secondary N) is 1. The van der Waals surface area contributed by atoms with Gasteiger partial charge in [0.2, 0.25) is 0 Å². The van der Waals surface area contributed by atoms with Crippen LogP contribution in [-0.2, 0) is 0 Å². The van der Waals surface area contributed by atoms with Crippen LogP contribution in [-0.4, -0.2) is 25.2 Å². The number of anilines is 1. The minimum Gasteiger partial charge on any atom is -0.366 e. The van der Waals surface area contributed by atoms with E-state index in [9.17, 15) is 4.39 Å². The van der Waals surface area contributed by atoms with E-state index in [2.05, 4.69) is 24.1 Å². The predicted octanol–water partition coefficient (Wildman–Crippen LogP) is 2.01. The topological polar surface area (TPSA) is 15.3 Å². The molecule has 0 aliphatic carbocycles. The fourth-order valence-corrected chi connectivity index (χ4v) is 2.06. The van der Waals surface area contributed by atoms with Gasteiger partial charge in [-0.3, -0.25) is 0 Å². The maximum atomic E-state index is 13.6. The van der Waals surface area contributed by atoms with Crippen LogP contribution in [0.1, 0.15) is 13.8 Å². The molecule has 0 amide bonds. The van der Waals surface area contributed by atoms with Gasteiger partial charge in [0.15, 0.2) is 0 Å². The Labute approximate surface area is 90.1 Å². The van der Waals surface area contributed by atoms with Crippen LogP contribution in [0, 0.1) is 5.82 Å². The highest BCUT2D eigenvalue weighted by atomic mass is 19.1. The zero-order valence-electron chi connectivity index (χ0n) is 9.26. The quantitative estimate of drug-likeness (QED) is 0.759. The minimum atomic E-state index is -0.129. The molecule has 0 aromatic heterocycles. The first-order valence-corrected chi connectivity index (χ1v) is 5.33. The highest BCUT2D eigenvalue weighted by molar-refractivity contribution is 5.48. The van der Waals surface area contributed by atoms with Crippen molar-refractivity contribution in [1.29, 1.82) is 0 Å². The number of benzene rings is 1. The first kappa shape index (κ1) is 10.4. The maximum Gasteiger partial charge on any atom is 0.146 e. The second-order valence-electron chi connectivity index (χ2n) is 4.68. The molecule has 1 fully saturated rings. The molecule has 0 unspecified atom stereocenters. The van der Waals surface area contributed by atoms with Crippen LogP contribution in [0.4, 0.5) is 10.1 Å². The van der Waals surface area contributed by atoms with Gasteiger partial charge in [0.1, 0.15) is 5.82 Å². The number of rotatable bonds is 1. The Morgan fingerprint density at radius 2 is 2.07 bits per heavy atom. The van der Waals surface area contributed by atoms with Crippen molar-refractivity contribution < 1.29 is 4.39 Å². The van der Waals surface area contributed by atoms with Crippen LogP contribution >= 0.6 is 0 Å². The average Bonchev–Trinajstić information content (AvgIpc) is 2.17.